The van der Waals surface area contributed by atoms with Crippen LogP contribution < -0.4 is 5.32 Å². The number of nitrogens with one attached hydrogen (secondary N) is 1. The molecule has 0 unspecified atom stereocenters. The molecule has 2 aromatic rings. The second-order valence-corrected chi connectivity index (χ2v) is 9.93. The Labute approximate surface area is 183 Å². The molecule has 31 heavy (non-hydrogen) atoms. The van der Waals surface area contributed by atoms with Crippen LogP contribution in [0.4, 0.5) is 5.69 Å². The molecule has 8 heteroatoms. The number of fused-ring (bicyclic) bond motifs is 1. The topological polar surface area (TPSA) is 86.8 Å². The molecule has 0 aromatic heterocycles. The highest BCUT2D eigenvalue weighted by atomic mass is 32.2. The zero-order valence-corrected chi connectivity index (χ0v) is 18.5. The van der Waals surface area contributed by atoms with E-state index in [4.69, 9.17) is 0 Å². The quantitative estimate of drug-likeness (QED) is 0.773. The molecule has 1 N–H and O–H groups in total. The number of hydrogen-bond donors (Lipinski definition) is 1. The molecule has 2 aromatic carbocycles. The molecular formula is C23H27N3O4S. The Balaban J connectivity index is 1.46. The number of anilines is 1. The molecule has 7 nitrogen and oxygen atoms in total. The first-order chi connectivity index (χ1) is 14.9. The summed E-state index contributed by atoms with van der Waals surface area (Å²) >= 11 is 0. The molecule has 164 valence electrons. The van der Waals surface area contributed by atoms with Gasteiger partial charge in [0.25, 0.3) is 5.91 Å². The Hall–Kier alpha value is -2.71. The summed E-state index contributed by atoms with van der Waals surface area (Å²) in [5, 5.41) is 2.88. The lowest BCUT2D eigenvalue weighted by Crippen LogP contribution is -2.35. The maximum absolute atomic E-state index is 12.7. The largest absolute Gasteiger partial charge is 0.338 e. The fraction of sp³-hybridized carbons (Fsp3) is 0.391. The first kappa shape index (κ1) is 21.5. The van der Waals surface area contributed by atoms with Crippen LogP contribution in [0.5, 0.6) is 0 Å². The molecule has 0 bridgehead atoms. The molecule has 0 saturated carbocycles. The number of benzene rings is 2. The predicted molar refractivity (Wildman–Crippen MR) is 118 cm³/mol. The van der Waals surface area contributed by atoms with Crippen LogP contribution in [0, 0.1) is 0 Å². The molecular weight excluding hydrogens is 414 g/mol. The van der Waals surface area contributed by atoms with Gasteiger partial charge in [-0.05, 0) is 66.8 Å². The summed E-state index contributed by atoms with van der Waals surface area (Å²) < 4.78 is 26.8. The van der Waals surface area contributed by atoms with Crippen LogP contribution in [0.2, 0.25) is 0 Å². The van der Waals surface area contributed by atoms with E-state index in [1.54, 1.807) is 12.1 Å². The van der Waals surface area contributed by atoms with Crippen molar-refractivity contribution >= 4 is 27.5 Å². The molecule has 0 atom stereocenters. The fourth-order valence-electron chi connectivity index (χ4n) is 4.13. The Bertz CT molecular complexity index is 1090. The van der Waals surface area contributed by atoms with Crippen molar-refractivity contribution in [3.8, 4) is 0 Å². The van der Waals surface area contributed by atoms with Gasteiger partial charge in [0.1, 0.15) is 0 Å². The lowest BCUT2D eigenvalue weighted by Gasteiger charge is -2.29. The number of carbonyl (C=O) groups is 2. The molecule has 2 amide bonds. The third kappa shape index (κ3) is 4.50. The zero-order chi connectivity index (χ0) is 22.0. The summed E-state index contributed by atoms with van der Waals surface area (Å²) in [7, 11) is -3.50. The summed E-state index contributed by atoms with van der Waals surface area (Å²) in [4.78, 5) is 26.7. The number of rotatable bonds is 5. The average molecular weight is 442 g/mol. The van der Waals surface area contributed by atoms with Crippen molar-refractivity contribution in [3.05, 3.63) is 59.2 Å². The van der Waals surface area contributed by atoms with E-state index in [1.807, 2.05) is 30.0 Å². The van der Waals surface area contributed by atoms with Gasteiger partial charge < -0.3 is 10.2 Å². The van der Waals surface area contributed by atoms with E-state index < -0.39 is 10.0 Å². The van der Waals surface area contributed by atoms with Crippen LogP contribution in [0.3, 0.4) is 0 Å². The standard InChI is InChI=1S/C23H27N3O4S/c1-2-22(27)25-14-11-17-5-8-20(15-19(17)16-25)24-23(28)18-6-9-21(10-7-18)31(29,30)26-12-3-4-13-26/h5-10,15H,2-4,11-14,16H2,1H3,(H,24,28). The summed E-state index contributed by atoms with van der Waals surface area (Å²) in [6.45, 7) is 4.22. The van der Waals surface area contributed by atoms with Gasteiger partial charge in [0.15, 0.2) is 0 Å². The van der Waals surface area contributed by atoms with Gasteiger partial charge in [0.05, 0.1) is 4.90 Å². The van der Waals surface area contributed by atoms with Crippen LogP contribution in [0.25, 0.3) is 0 Å². The van der Waals surface area contributed by atoms with E-state index >= 15 is 0 Å². The number of hydrogen-bond acceptors (Lipinski definition) is 4. The minimum absolute atomic E-state index is 0.129. The minimum Gasteiger partial charge on any atom is -0.338 e. The highest BCUT2D eigenvalue weighted by Gasteiger charge is 2.27. The van der Waals surface area contributed by atoms with Crippen molar-refractivity contribution in [2.24, 2.45) is 0 Å². The Morgan fingerprint density at radius 3 is 2.35 bits per heavy atom. The second-order valence-electron chi connectivity index (χ2n) is 7.99. The van der Waals surface area contributed by atoms with E-state index in [0.717, 1.165) is 31.4 Å². The zero-order valence-electron chi connectivity index (χ0n) is 17.6. The monoisotopic (exact) mass is 441 g/mol. The summed E-state index contributed by atoms with van der Waals surface area (Å²) in [6.07, 6.45) is 3.05. The number of sulfonamides is 1. The highest BCUT2D eigenvalue weighted by Crippen LogP contribution is 2.24. The normalized spacial score (nSPS) is 16.7. The van der Waals surface area contributed by atoms with Gasteiger partial charge in [0.2, 0.25) is 15.9 Å². The Morgan fingerprint density at radius 2 is 1.68 bits per heavy atom. The van der Waals surface area contributed by atoms with Crippen molar-refractivity contribution < 1.29 is 18.0 Å². The molecule has 2 heterocycles. The van der Waals surface area contributed by atoms with Crippen LogP contribution in [0.15, 0.2) is 47.4 Å². The van der Waals surface area contributed by atoms with Gasteiger partial charge in [-0.25, -0.2) is 8.42 Å². The SMILES string of the molecule is CCC(=O)N1CCc2ccc(NC(=O)c3ccc(S(=O)(=O)N4CCCC4)cc3)cc2C1. The van der Waals surface area contributed by atoms with Gasteiger partial charge in [-0.15, -0.1) is 0 Å². The van der Waals surface area contributed by atoms with Crippen molar-refractivity contribution in [2.45, 2.75) is 44.0 Å². The molecule has 0 spiro atoms. The first-order valence-electron chi connectivity index (χ1n) is 10.7. The van der Waals surface area contributed by atoms with Crippen LogP contribution in [-0.4, -0.2) is 49.1 Å². The molecule has 1 saturated heterocycles. The average Bonchev–Trinajstić information content (AvgIpc) is 3.34. The summed E-state index contributed by atoms with van der Waals surface area (Å²) in [6, 6.07) is 11.8. The van der Waals surface area contributed by atoms with Crippen LogP contribution >= 0.6 is 0 Å². The molecule has 0 radical (unpaired) electrons. The second kappa shape index (κ2) is 8.80. The number of carbonyl (C=O) groups excluding carboxylic acids is 2. The van der Waals surface area contributed by atoms with E-state index in [1.165, 1.54) is 22.0 Å². The maximum atomic E-state index is 12.7. The Kier molecular flexibility index (Phi) is 6.11. The predicted octanol–water partition coefficient (Wildman–Crippen LogP) is 3.02. The lowest BCUT2D eigenvalue weighted by atomic mass is 9.98. The van der Waals surface area contributed by atoms with Gasteiger partial charge in [-0.2, -0.15) is 4.31 Å². The molecule has 2 aliphatic rings. The van der Waals surface area contributed by atoms with E-state index in [9.17, 15) is 18.0 Å². The molecule has 0 aliphatic carbocycles. The molecule has 2 aliphatic heterocycles. The number of amides is 2. The third-order valence-corrected chi connectivity index (χ3v) is 7.86. The van der Waals surface area contributed by atoms with Crippen molar-refractivity contribution in [1.82, 2.24) is 9.21 Å². The van der Waals surface area contributed by atoms with E-state index in [0.29, 0.717) is 37.3 Å². The van der Waals surface area contributed by atoms with Crippen molar-refractivity contribution in [2.75, 3.05) is 25.0 Å². The van der Waals surface area contributed by atoms with Crippen LogP contribution in [0.1, 0.15) is 47.7 Å². The number of nitrogens with zero attached hydrogens (tertiary/aromatic N) is 2. The lowest BCUT2D eigenvalue weighted by molar-refractivity contribution is -0.131. The maximum Gasteiger partial charge on any atom is 0.255 e. The van der Waals surface area contributed by atoms with Crippen LogP contribution in [-0.2, 0) is 27.8 Å². The van der Waals surface area contributed by atoms with Crippen molar-refractivity contribution in [1.29, 1.82) is 0 Å². The van der Waals surface area contributed by atoms with Crippen molar-refractivity contribution in [3.63, 3.8) is 0 Å². The van der Waals surface area contributed by atoms with E-state index in [-0.39, 0.29) is 16.7 Å². The van der Waals surface area contributed by atoms with E-state index in [2.05, 4.69) is 5.32 Å². The fourth-order valence-corrected chi connectivity index (χ4v) is 5.65. The summed E-state index contributed by atoms with van der Waals surface area (Å²) in [5.74, 6) is -0.175. The third-order valence-electron chi connectivity index (χ3n) is 5.95. The van der Waals surface area contributed by atoms with Gasteiger partial charge in [0, 0.05) is 43.9 Å². The van der Waals surface area contributed by atoms with Gasteiger partial charge in [-0.1, -0.05) is 13.0 Å². The smallest absolute Gasteiger partial charge is 0.255 e. The molecule has 1 fully saturated rings. The minimum atomic E-state index is -3.50. The van der Waals surface area contributed by atoms with Gasteiger partial charge >= 0.3 is 0 Å². The Morgan fingerprint density at radius 1 is 0.968 bits per heavy atom. The first-order valence-corrected chi connectivity index (χ1v) is 12.1. The molecule has 4 rings (SSSR count). The van der Waals surface area contributed by atoms with Gasteiger partial charge in [-0.3, -0.25) is 9.59 Å². The summed E-state index contributed by atoms with van der Waals surface area (Å²) in [5.41, 5.74) is 3.27. The highest BCUT2D eigenvalue weighted by molar-refractivity contribution is 7.89.